The maximum atomic E-state index is 4.54. The number of nitrogens with one attached hydrogen (secondary N) is 1. The van der Waals surface area contributed by atoms with Gasteiger partial charge >= 0.3 is 0 Å². The van der Waals surface area contributed by atoms with Crippen LogP contribution in [-0.2, 0) is 0 Å². The van der Waals surface area contributed by atoms with Crippen LogP contribution < -0.4 is 5.32 Å². The quantitative estimate of drug-likeness (QED) is 0.805. The van der Waals surface area contributed by atoms with Gasteiger partial charge in [-0.15, -0.1) is 0 Å². The van der Waals surface area contributed by atoms with E-state index in [1.807, 2.05) is 41.2 Å². The van der Waals surface area contributed by atoms with Crippen LogP contribution in [0.5, 0.6) is 0 Å². The summed E-state index contributed by atoms with van der Waals surface area (Å²) >= 11 is 0. The van der Waals surface area contributed by atoms with E-state index in [4.69, 9.17) is 0 Å². The molecule has 6 rings (SSSR count). The zero-order valence-corrected chi connectivity index (χ0v) is 13.3. The normalized spacial score (nSPS) is 32.9. The van der Waals surface area contributed by atoms with Gasteiger partial charge in [-0.2, -0.15) is 5.10 Å². The Hall–Kier alpha value is -2.43. The number of hydrogen-bond acceptors (Lipinski definition) is 4. The van der Waals surface area contributed by atoms with Crippen LogP contribution >= 0.6 is 0 Å². The molecule has 3 aliphatic rings. The van der Waals surface area contributed by atoms with E-state index >= 15 is 0 Å². The minimum Gasteiger partial charge on any atom is -0.366 e. The molecule has 3 fully saturated rings. The van der Waals surface area contributed by atoms with E-state index in [9.17, 15) is 0 Å². The molecule has 2 heterocycles. The second-order valence-corrected chi connectivity index (χ2v) is 7.51. The maximum Gasteiger partial charge on any atom is 0.168 e. The van der Waals surface area contributed by atoms with Crippen molar-refractivity contribution in [2.24, 2.45) is 23.7 Å². The van der Waals surface area contributed by atoms with Crippen LogP contribution in [0.15, 0.2) is 42.9 Å². The third-order valence-electron chi connectivity index (χ3n) is 6.41. The van der Waals surface area contributed by atoms with Crippen molar-refractivity contribution in [1.29, 1.82) is 0 Å². The molecule has 0 radical (unpaired) electrons. The molecule has 1 aromatic carbocycles. The molecule has 5 heteroatoms. The Bertz CT molecular complexity index is 902. The van der Waals surface area contributed by atoms with Crippen LogP contribution in [0.1, 0.15) is 19.3 Å². The van der Waals surface area contributed by atoms with Crippen molar-refractivity contribution < 1.29 is 0 Å². The zero-order chi connectivity index (χ0) is 15.7. The molecule has 0 spiro atoms. The van der Waals surface area contributed by atoms with Crippen molar-refractivity contribution in [1.82, 2.24) is 19.7 Å². The molecule has 0 aliphatic heterocycles. The van der Waals surface area contributed by atoms with E-state index in [1.54, 1.807) is 6.33 Å². The van der Waals surface area contributed by atoms with Crippen LogP contribution in [0.3, 0.4) is 0 Å². The molecule has 120 valence electrons. The minimum atomic E-state index is 0.620. The molecule has 2 bridgehead atoms. The molecule has 0 saturated heterocycles. The summed E-state index contributed by atoms with van der Waals surface area (Å²) in [6.45, 7) is 0. The Morgan fingerprint density at radius 1 is 1.00 bits per heavy atom. The molecule has 24 heavy (non-hydrogen) atoms. The smallest absolute Gasteiger partial charge is 0.168 e. The summed E-state index contributed by atoms with van der Waals surface area (Å²) in [5.74, 6) is 4.64. The number of fused-ring (bicyclic) bond motifs is 6. The highest BCUT2D eigenvalue weighted by Gasteiger charge is 2.65. The summed E-state index contributed by atoms with van der Waals surface area (Å²) in [6, 6.07) is 10.8. The van der Waals surface area contributed by atoms with Crippen molar-refractivity contribution >= 4 is 16.9 Å². The number of benzene rings is 1. The van der Waals surface area contributed by atoms with Crippen LogP contribution in [0.2, 0.25) is 0 Å². The first-order valence-corrected chi connectivity index (χ1v) is 8.91. The van der Waals surface area contributed by atoms with Gasteiger partial charge in [-0.1, -0.05) is 18.2 Å². The van der Waals surface area contributed by atoms with E-state index in [0.717, 1.165) is 46.2 Å². The highest BCUT2D eigenvalue weighted by Crippen LogP contribution is 2.66. The SMILES string of the molecule is c1ccc(-n2ncc3c(NC4C5C6CCC(C6)C45)ncnc32)cc1. The van der Waals surface area contributed by atoms with Gasteiger partial charge in [0.05, 0.1) is 17.3 Å². The molecule has 3 aromatic rings. The van der Waals surface area contributed by atoms with Gasteiger partial charge in [0.25, 0.3) is 0 Å². The Kier molecular flexibility index (Phi) is 2.46. The van der Waals surface area contributed by atoms with Gasteiger partial charge in [-0.25, -0.2) is 14.6 Å². The molecule has 3 aliphatic carbocycles. The van der Waals surface area contributed by atoms with Crippen molar-refractivity contribution in [2.45, 2.75) is 25.3 Å². The third-order valence-corrected chi connectivity index (χ3v) is 6.41. The molecular formula is C19H19N5. The predicted molar refractivity (Wildman–Crippen MR) is 91.9 cm³/mol. The van der Waals surface area contributed by atoms with Crippen LogP contribution in [0.4, 0.5) is 5.82 Å². The van der Waals surface area contributed by atoms with Gasteiger partial charge < -0.3 is 5.32 Å². The zero-order valence-electron chi connectivity index (χ0n) is 13.3. The van der Waals surface area contributed by atoms with Gasteiger partial charge in [0, 0.05) is 6.04 Å². The number of aromatic nitrogens is 4. The lowest BCUT2D eigenvalue weighted by atomic mass is 10.0. The highest BCUT2D eigenvalue weighted by molar-refractivity contribution is 5.87. The van der Waals surface area contributed by atoms with Crippen molar-refractivity contribution in [3.8, 4) is 5.69 Å². The molecule has 4 unspecified atom stereocenters. The average molecular weight is 317 g/mol. The van der Waals surface area contributed by atoms with Crippen molar-refractivity contribution in [2.75, 3.05) is 5.32 Å². The number of anilines is 1. The van der Waals surface area contributed by atoms with Gasteiger partial charge in [0.2, 0.25) is 0 Å². The summed E-state index contributed by atoms with van der Waals surface area (Å²) in [6.07, 6.45) is 7.89. The molecule has 5 nitrogen and oxygen atoms in total. The average Bonchev–Trinajstić information content (AvgIpc) is 3.02. The van der Waals surface area contributed by atoms with Crippen LogP contribution in [0.25, 0.3) is 16.7 Å². The fourth-order valence-electron chi connectivity index (χ4n) is 5.39. The van der Waals surface area contributed by atoms with E-state index in [-0.39, 0.29) is 0 Å². The van der Waals surface area contributed by atoms with Gasteiger partial charge in [-0.3, -0.25) is 0 Å². The molecule has 2 aromatic heterocycles. The summed E-state index contributed by atoms with van der Waals surface area (Å²) in [7, 11) is 0. The molecule has 4 atom stereocenters. The van der Waals surface area contributed by atoms with Crippen molar-refractivity contribution in [3.63, 3.8) is 0 Å². The third kappa shape index (κ3) is 1.67. The van der Waals surface area contributed by atoms with Gasteiger partial charge in [0.1, 0.15) is 12.1 Å². The fraction of sp³-hybridized carbons (Fsp3) is 0.421. The summed E-state index contributed by atoms with van der Waals surface area (Å²) in [4.78, 5) is 8.99. The second kappa shape index (κ2) is 4.56. The van der Waals surface area contributed by atoms with Crippen LogP contribution in [0, 0.1) is 23.7 Å². The maximum absolute atomic E-state index is 4.54. The van der Waals surface area contributed by atoms with E-state index in [0.29, 0.717) is 6.04 Å². The second-order valence-electron chi connectivity index (χ2n) is 7.51. The lowest BCUT2D eigenvalue weighted by Crippen LogP contribution is -2.14. The Morgan fingerprint density at radius 3 is 2.58 bits per heavy atom. The number of nitrogens with zero attached hydrogens (tertiary/aromatic N) is 4. The topological polar surface area (TPSA) is 55.6 Å². The lowest BCUT2D eigenvalue weighted by molar-refractivity contribution is 0.456. The first-order chi connectivity index (χ1) is 11.9. The molecule has 0 amide bonds. The van der Waals surface area contributed by atoms with Gasteiger partial charge in [0.15, 0.2) is 5.65 Å². The van der Waals surface area contributed by atoms with Gasteiger partial charge in [-0.05, 0) is 55.1 Å². The minimum absolute atomic E-state index is 0.620. The van der Waals surface area contributed by atoms with Crippen molar-refractivity contribution in [3.05, 3.63) is 42.9 Å². The first-order valence-electron chi connectivity index (χ1n) is 8.91. The number of hydrogen-bond donors (Lipinski definition) is 1. The van der Waals surface area contributed by atoms with E-state index in [1.165, 1.54) is 19.3 Å². The molecule has 1 N–H and O–H groups in total. The summed E-state index contributed by atoms with van der Waals surface area (Å²) in [5.41, 5.74) is 1.89. The Morgan fingerprint density at radius 2 is 1.79 bits per heavy atom. The summed E-state index contributed by atoms with van der Waals surface area (Å²) in [5, 5.41) is 9.28. The number of para-hydroxylation sites is 1. The van der Waals surface area contributed by atoms with E-state index in [2.05, 4.69) is 20.4 Å². The number of rotatable bonds is 3. The fourth-order valence-corrected chi connectivity index (χ4v) is 5.39. The standard InChI is InChI=1S/C19H19N5/c1-2-4-13(5-3-1)24-19-14(9-22-24)18(20-10-21-19)23-17-15-11-6-7-12(8-11)16(15)17/h1-5,9-12,15-17H,6-8H2,(H,20,21,23). The molecular weight excluding hydrogens is 298 g/mol. The largest absolute Gasteiger partial charge is 0.366 e. The first kappa shape index (κ1) is 12.9. The summed E-state index contributed by atoms with van der Waals surface area (Å²) < 4.78 is 1.89. The lowest BCUT2D eigenvalue weighted by Gasteiger charge is -2.11. The van der Waals surface area contributed by atoms with E-state index < -0.39 is 0 Å². The monoisotopic (exact) mass is 317 g/mol. The molecule has 3 saturated carbocycles. The van der Waals surface area contributed by atoms with Crippen LogP contribution in [-0.4, -0.2) is 25.8 Å². The Labute approximate surface area is 140 Å². The Balaban J connectivity index is 1.36. The highest BCUT2D eigenvalue weighted by atomic mass is 15.3. The predicted octanol–water partition coefficient (Wildman–Crippen LogP) is 3.27.